The number of piperazine rings is 1. The lowest BCUT2D eigenvalue weighted by Gasteiger charge is -2.32. The van der Waals surface area contributed by atoms with Crippen molar-refractivity contribution in [3.8, 4) is 11.8 Å². The van der Waals surface area contributed by atoms with E-state index in [1.807, 2.05) is 11.9 Å². The van der Waals surface area contributed by atoms with Crippen LogP contribution in [0.4, 0.5) is 0 Å². The van der Waals surface area contributed by atoms with Gasteiger partial charge in [-0.05, 0) is 25.2 Å². The first kappa shape index (κ1) is 14.9. The number of hydrogen-bond acceptors (Lipinski definition) is 3. The highest BCUT2D eigenvalue weighted by molar-refractivity contribution is 6.32. The quantitative estimate of drug-likeness (QED) is 0.788. The molecule has 0 unspecified atom stereocenters. The molecule has 1 aromatic rings. The molecule has 1 heterocycles. The van der Waals surface area contributed by atoms with Crippen LogP contribution in [0.3, 0.4) is 0 Å². The summed E-state index contributed by atoms with van der Waals surface area (Å²) in [5, 5.41) is 9.11. The third-order valence-corrected chi connectivity index (χ3v) is 3.62. The average molecular weight is 293 g/mol. The molecule has 0 saturated carbocycles. The molecule has 20 heavy (non-hydrogen) atoms. The first-order valence-corrected chi connectivity index (χ1v) is 6.86. The molecule has 106 valence electrons. The summed E-state index contributed by atoms with van der Waals surface area (Å²) in [5.41, 5.74) is 1.20. The van der Waals surface area contributed by atoms with Gasteiger partial charge in [0.05, 0.1) is 5.02 Å². The molecule has 2 rings (SSSR count). The number of carbonyl (C=O) groups excluding carboxylic acids is 1. The molecule has 1 aliphatic heterocycles. The molecular formula is C15H17ClN2O2. The third-order valence-electron chi connectivity index (χ3n) is 3.31. The number of likely N-dealkylation sites (N-methyl/N-ethyl adjacent to an activating group) is 1. The van der Waals surface area contributed by atoms with Gasteiger partial charge in [-0.25, -0.2) is 0 Å². The van der Waals surface area contributed by atoms with E-state index in [4.69, 9.17) is 16.7 Å². The smallest absolute Gasteiger partial charge is 0.253 e. The normalized spacial score (nSPS) is 15.7. The molecule has 0 atom stereocenters. The monoisotopic (exact) mass is 292 g/mol. The van der Waals surface area contributed by atoms with Gasteiger partial charge in [0.15, 0.2) is 0 Å². The van der Waals surface area contributed by atoms with E-state index in [0.717, 1.165) is 26.2 Å². The molecule has 1 aliphatic rings. The first-order chi connectivity index (χ1) is 9.61. The standard InChI is InChI=1S/C15H17ClN2O2/c1-17-6-8-18(9-7-17)15(20)13-5-4-12(3-2-10-19)14(16)11-13/h4-5,11,19H,6-10H2,1H3. The average Bonchev–Trinajstić information content (AvgIpc) is 2.46. The van der Waals surface area contributed by atoms with E-state index >= 15 is 0 Å². The maximum absolute atomic E-state index is 12.4. The van der Waals surface area contributed by atoms with Crippen LogP contribution in [0.2, 0.25) is 5.02 Å². The van der Waals surface area contributed by atoms with Gasteiger partial charge in [-0.15, -0.1) is 0 Å². The van der Waals surface area contributed by atoms with Gasteiger partial charge in [0.1, 0.15) is 6.61 Å². The van der Waals surface area contributed by atoms with Gasteiger partial charge in [0, 0.05) is 37.3 Å². The van der Waals surface area contributed by atoms with Gasteiger partial charge in [0.25, 0.3) is 5.91 Å². The van der Waals surface area contributed by atoms with Gasteiger partial charge in [0.2, 0.25) is 0 Å². The number of hydrogen-bond donors (Lipinski definition) is 1. The van der Waals surface area contributed by atoms with Crippen molar-refractivity contribution in [3.63, 3.8) is 0 Å². The summed E-state index contributed by atoms with van der Waals surface area (Å²) >= 11 is 6.11. The van der Waals surface area contributed by atoms with Crippen LogP contribution >= 0.6 is 11.6 Å². The Bertz CT molecular complexity index is 555. The number of halogens is 1. The number of nitrogens with zero attached hydrogens (tertiary/aromatic N) is 2. The molecule has 1 N–H and O–H groups in total. The zero-order chi connectivity index (χ0) is 14.5. The summed E-state index contributed by atoms with van der Waals surface area (Å²) in [5.74, 6) is 5.29. The Balaban J connectivity index is 2.13. The minimum absolute atomic E-state index is 0.00154. The molecule has 0 bridgehead atoms. The molecule has 1 aromatic carbocycles. The van der Waals surface area contributed by atoms with E-state index in [1.165, 1.54) is 0 Å². The van der Waals surface area contributed by atoms with Crippen molar-refractivity contribution in [3.05, 3.63) is 34.3 Å². The van der Waals surface area contributed by atoms with Crippen molar-refractivity contribution in [2.24, 2.45) is 0 Å². The van der Waals surface area contributed by atoms with Gasteiger partial charge >= 0.3 is 0 Å². The topological polar surface area (TPSA) is 43.8 Å². The van der Waals surface area contributed by atoms with E-state index < -0.39 is 0 Å². The Labute approximate surface area is 123 Å². The van der Waals surface area contributed by atoms with Gasteiger partial charge in [-0.3, -0.25) is 4.79 Å². The number of rotatable bonds is 1. The highest BCUT2D eigenvalue weighted by Crippen LogP contribution is 2.18. The Kier molecular flexibility index (Phi) is 5.02. The number of aliphatic hydroxyl groups is 1. The minimum Gasteiger partial charge on any atom is -0.384 e. The summed E-state index contributed by atoms with van der Waals surface area (Å²) in [6.07, 6.45) is 0. The van der Waals surface area contributed by atoms with E-state index in [-0.39, 0.29) is 12.5 Å². The fourth-order valence-corrected chi connectivity index (χ4v) is 2.30. The van der Waals surface area contributed by atoms with Crippen LogP contribution in [0.25, 0.3) is 0 Å². The number of aliphatic hydroxyl groups excluding tert-OH is 1. The second-order valence-corrected chi connectivity index (χ2v) is 5.16. The highest BCUT2D eigenvalue weighted by atomic mass is 35.5. The van der Waals surface area contributed by atoms with Crippen LogP contribution < -0.4 is 0 Å². The van der Waals surface area contributed by atoms with Crippen molar-refractivity contribution in [2.75, 3.05) is 39.8 Å². The van der Waals surface area contributed by atoms with Gasteiger partial charge in [-0.1, -0.05) is 23.4 Å². The number of carbonyl (C=O) groups is 1. The van der Waals surface area contributed by atoms with Gasteiger partial charge < -0.3 is 14.9 Å². The molecule has 0 aliphatic carbocycles. The largest absolute Gasteiger partial charge is 0.384 e. The molecule has 0 aromatic heterocycles. The molecule has 1 fully saturated rings. The van der Waals surface area contributed by atoms with E-state index in [9.17, 15) is 4.79 Å². The summed E-state index contributed by atoms with van der Waals surface area (Å²) < 4.78 is 0. The zero-order valence-electron chi connectivity index (χ0n) is 11.4. The third kappa shape index (κ3) is 3.51. The van der Waals surface area contributed by atoms with Crippen LogP contribution in [0.1, 0.15) is 15.9 Å². The van der Waals surface area contributed by atoms with Crippen LogP contribution in [0.5, 0.6) is 0 Å². The van der Waals surface area contributed by atoms with Crippen LogP contribution in [0.15, 0.2) is 18.2 Å². The van der Waals surface area contributed by atoms with Crippen molar-refractivity contribution >= 4 is 17.5 Å². The summed E-state index contributed by atoms with van der Waals surface area (Å²) in [6.45, 7) is 3.04. The fourth-order valence-electron chi connectivity index (χ4n) is 2.08. The van der Waals surface area contributed by atoms with E-state index in [0.29, 0.717) is 16.1 Å². The molecule has 5 heteroatoms. The SMILES string of the molecule is CN1CCN(C(=O)c2ccc(C#CCO)c(Cl)c2)CC1. The predicted octanol–water partition coefficient (Wildman–Crippen LogP) is 1.07. The van der Waals surface area contributed by atoms with E-state index in [1.54, 1.807) is 18.2 Å². The summed E-state index contributed by atoms with van der Waals surface area (Å²) in [6, 6.07) is 5.09. The molecule has 0 radical (unpaired) electrons. The zero-order valence-corrected chi connectivity index (χ0v) is 12.2. The van der Waals surface area contributed by atoms with Crippen molar-refractivity contribution in [1.82, 2.24) is 9.80 Å². The van der Waals surface area contributed by atoms with Crippen LogP contribution in [-0.4, -0.2) is 60.6 Å². The van der Waals surface area contributed by atoms with Crippen molar-refractivity contribution < 1.29 is 9.90 Å². The Morgan fingerprint density at radius 2 is 2.05 bits per heavy atom. The lowest BCUT2D eigenvalue weighted by Crippen LogP contribution is -2.47. The lowest BCUT2D eigenvalue weighted by atomic mass is 10.1. The van der Waals surface area contributed by atoms with Crippen molar-refractivity contribution in [2.45, 2.75) is 0 Å². The fraction of sp³-hybridized carbons (Fsp3) is 0.400. The van der Waals surface area contributed by atoms with Crippen molar-refractivity contribution in [1.29, 1.82) is 0 Å². The van der Waals surface area contributed by atoms with Gasteiger partial charge in [-0.2, -0.15) is 0 Å². The van der Waals surface area contributed by atoms with E-state index in [2.05, 4.69) is 16.7 Å². The van der Waals surface area contributed by atoms with Crippen LogP contribution in [-0.2, 0) is 0 Å². The second kappa shape index (κ2) is 6.76. The number of amides is 1. The van der Waals surface area contributed by atoms with Crippen LogP contribution in [0, 0.1) is 11.8 Å². The lowest BCUT2D eigenvalue weighted by molar-refractivity contribution is 0.0664. The predicted molar refractivity (Wildman–Crippen MR) is 78.8 cm³/mol. The summed E-state index contributed by atoms with van der Waals surface area (Å²) in [4.78, 5) is 16.4. The Hall–Kier alpha value is -1.54. The highest BCUT2D eigenvalue weighted by Gasteiger charge is 2.20. The Morgan fingerprint density at radius 3 is 2.65 bits per heavy atom. The number of benzene rings is 1. The summed E-state index contributed by atoms with van der Waals surface area (Å²) in [7, 11) is 2.05. The first-order valence-electron chi connectivity index (χ1n) is 6.49. The minimum atomic E-state index is -0.210. The molecule has 4 nitrogen and oxygen atoms in total. The maximum atomic E-state index is 12.4. The molecule has 1 saturated heterocycles. The maximum Gasteiger partial charge on any atom is 0.253 e. The molecule has 1 amide bonds. The second-order valence-electron chi connectivity index (χ2n) is 4.75. The molecule has 0 spiro atoms. The Morgan fingerprint density at radius 1 is 1.35 bits per heavy atom. The molecular weight excluding hydrogens is 276 g/mol.